The quantitative estimate of drug-likeness (QED) is 0.746. The maximum atomic E-state index is 9.05. The molecule has 0 aliphatic rings. The zero-order valence-corrected chi connectivity index (χ0v) is 10.7. The Balaban J connectivity index is 2.41. The van der Waals surface area contributed by atoms with Crippen molar-refractivity contribution in [3.8, 4) is 0 Å². The summed E-state index contributed by atoms with van der Waals surface area (Å²) in [7, 11) is 0. The molecule has 0 saturated carbocycles. The van der Waals surface area contributed by atoms with Crippen molar-refractivity contribution in [2.24, 2.45) is 0 Å². The predicted molar refractivity (Wildman–Crippen MR) is 70.0 cm³/mol. The van der Waals surface area contributed by atoms with E-state index in [1.54, 1.807) is 6.92 Å². The summed E-state index contributed by atoms with van der Waals surface area (Å²) in [6, 6.07) is 7.69. The molecule has 0 unspecified atom stereocenters. The van der Waals surface area contributed by atoms with Crippen molar-refractivity contribution in [1.29, 1.82) is 0 Å². The monoisotopic (exact) mass is 288 g/mol. The molecule has 1 aromatic carbocycles. The minimum absolute atomic E-state index is 0.408. The van der Waals surface area contributed by atoms with Crippen LogP contribution >= 0.6 is 28.1 Å². The summed E-state index contributed by atoms with van der Waals surface area (Å²) in [5.74, 6) is 0. The van der Waals surface area contributed by atoms with Crippen molar-refractivity contribution < 1.29 is 5.11 Å². The second-order valence-corrected chi connectivity index (χ2v) is 4.51. The Labute approximate surface area is 103 Å². The molecule has 5 heteroatoms. The first kappa shape index (κ1) is 12.4. The standard InChI is InChI=1S/C10H13BrN2OS/c1-7(14)6-12-10(15)13-9-4-2-8(11)3-5-9/h2-5,7,14H,6H2,1H3,(H2,12,13,15)/t7-/m0/s1. The molecular weight excluding hydrogens is 276 g/mol. The molecule has 1 atom stereocenters. The first-order valence-corrected chi connectivity index (χ1v) is 5.76. The van der Waals surface area contributed by atoms with E-state index in [0.29, 0.717) is 11.7 Å². The number of nitrogens with one attached hydrogen (secondary N) is 2. The molecule has 0 spiro atoms. The molecule has 82 valence electrons. The van der Waals surface area contributed by atoms with E-state index in [1.807, 2.05) is 24.3 Å². The molecule has 0 radical (unpaired) electrons. The second-order valence-electron chi connectivity index (χ2n) is 3.19. The normalized spacial score (nSPS) is 11.9. The molecule has 1 aromatic rings. The van der Waals surface area contributed by atoms with Crippen molar-refractivity contribution >= 4 is 38.9 Å². The van der Waals surface area contributed by atoms with Gasteiger partial charge in [-0.25, -0.2) is 0 Å². The Hall–Kier alpha value is -0.650. The van der Waals surface area contributed by atoms with Crippen LogP contribution in [0.1, 0.15) is 6.92 Å². The van der Waals surface area contributed by atoms with Crippen molar-refractivity contribution in [3.63, 3.8) is 0 Å². The number of thiocarbonyl (C=S) groups is 1. The minimum atomic E-state index is -0.408. The Morgan fingerprint density at radius 2 is 2.07 bits per heavy atom. The van der Waals surface area contributed by atoms with Gasteiger partial charge in [0.1, 0.15) is 0 Å². The first-order chi connectivity index (χ1) is 7.08. The largest absolute Gasteiger partial charge is 0.392 e. The van der Waals surface area contributed by atoms with E-state index in [0.717, 1.165) is 10.2 Å². The van der Waals surface area contributed by atoms with Crippen molar-refractivity contribution in [1.82, 2.24) is 5.32 Å². The zero-order chi connectivity index (χ0) is 11.3. The van der Waals surface area contributed by atoms with Crippen LogP contribution in [0.25, 0.3) is 0 Å². The van der Waals surface area contributed by atoms with Crippen molar-refractivity contribution in [2.75, 3.05) is 11.9 Å². The molecule has 0 saturated heterocycles. The van der Waals surface area contributed by atoms with E-state index in [4.69, 9.17) is 17.3 Å². The molecule has 0 bridgehead atoms. The summed E-state index contributed by atoms with van der Waals surface area (Å²) in [6.45, 7) is 2.15. The Morgan fingerprint density at radius 3 is 2.60 bits per heavy atom. The number of anilines is 1. The summed E-state index contributed by atoms with van der Waals surface area (Å²) < 4.78 is 1.02. The molecule has 0 amide bonds. The summed E-state index contributed by atoms with van der Waals surface area (Å²) in [4.78, 5) is 0. The third kappa shape index (κ3) is 5.11. The van der Waals surface area contributed by atoms with Crippen LogP contribution in [0.15, 0.2) is 28.7 Å². The fourth-order valence-corrected chi connectivity index (χ4v) is 1.41. The molecule has 0 aliphatic heterocycles. The first-order valence-electron chi connectivity index (χ1n) is 4.56. The maximum absolute atomic E-state index is 9.05. The van der Waals surface area contributed by atoms with Gasteiger partial charge in [-0.3, -0.25) is 0 Å². The van der Waals surface area contributed by atoms with Gasteiger partial charge in [-0.15, -0.1) is 0 Å². The minimum Gasteiger partial charge on any atom is -0.392 e. The second kappa shape index (κ2) is 6.05. The van der Waals surface area contributed by atoms with E-state index in [-0.39, 0.29) is 0 Å². The van der Waals surface area contributed by atoms with Gasteiger partial charge in [0.2, 0.25) is 0 Å². The van der Waals surface area contributed by atoms with Crippen molar-refractivity contribution in [2.45, 2.75) is 13.0 Å². The van der Waals surface area contributed by atoms with Crippen LogP contribution < -0.4 is 10.6 Å². The average Bonchev–Trinajstić information content (AvgIpc) is 2.19. The van der Waals surface area contributed by atoms with Crippen LogP contribution in [0.4, 0.5) is 5.69 Å². The van der Waals surface area contributed by atoms with Crippen LogP contribution in [0, 0.1) is 0 Å². The van der Waals surface area contributed by atoms with Gasteiger partial charge in [-0.1, -0.05) is 15.9 Å². The molecule has 0 aliphatic carbocycles. The third-order valence-corrected chi connectivity index (χ3v) is 2.44. The third-order valence-electron chi connectivity index (χ3n) is 1.66. The zero-order valence-electron chi connectivity index (χ0n) is 8.33. The lowest BCUT2D eigenvalue weighted by Gasteiger charge is -2.11. The number of hydrogen-bond acceptors (Lipinski definition) is 2. The number of halogens is 1. The highest BCUT2D eigenvalue weighted by Gasteiger charge is 1.99. The van der Waals surface area contributed by atoms with Gasteiger partial charge < -0.3 is 15.7 Å². The van der Waals surface area contributed by atoms with E-state index in [9.17, 15) is 0 Å². The SMILES string of the molecule is C[C@H](O)CNC(=S)Nc1ccc(Br)cc1. The smallest absolute Gasteiger partial charge is 0.170 e. The lowest BCUT2D eigenvalue weighted by molar-refractivity contribution is 0.198. The Bertz CT molecular complexity index is 327. The summed E-state index contributed by atoms with van der Waals surface area (Å²) in [5, 5.41) is 15.5. The van der Waals surface area contributed by atoms with Gasteiger partial charge in [-0.05, 0) is 43.4 Å². The molecular formula is C10H13BrN2OS. The highest BCUT2D eigenvalue weighted by atomic mass is 79.9. The highest BCUT2D eigenvalue weighted by molar-refractivity contribution is 9.10. The molecule has 1 rings (SSSR count). The maximum Gasteiger partial charge on any atom is 0.170 e. The van der Waals surface area contributed by atoms with Gasteiger partial charge in [0.05, 0.1) is 6.10 Å². The molecule has 0 heterocycles. The molecule has 15 heavy (non-hydrogen) atoms. The molecule has 3 nitrogen and oxygen atoms in total. The van der Waals surface area contributed by atoms with Crippen LogP contribution in [0.2, 0.25) is 0 Å². The van der Waals surface area contributed by atoms with Crippen molar-refractivity contribution in [3.05, 3.63) is 28.7 Å². The van der Waals surface area contributed by atoms with E-state index < -0.39 is 6.10 Å². The summed E-state index contributed by atoms with van der Waals surface area (Å²) in [5.41, 5.74) is 0.918. The van der Waals surface area contributed by atoms with E-state index >= 15 is 0 Å². The van der Waals surface area contributed by atoms with Gasteiger partial charge in [0.15, 0.2) is 5.11 Å². The Morgan fingerprint density at radius 1 is 1.47 bits per heavy atom. The molecule has 3 N–H and O–H groups in total. The van der Waals surface area contributed by atoms with Crippen LogP contribution in [0.5, 0.6) is 0 Å². The number of rotatable bonds is 3. The van der Waals surface area contributed by atoms with Crippen LogP contribution in [-0.4, -0.2) is 22.9 Å². The number of aliphatic hydroxyl groups is 1. The van der Waals surface area contributed by atoms with Gasteiger partial charge in [0.25, 0.3) is 0 Å². The van der Waals surface area contributed by atoms with E-state index in [2.05, 4.69) is 26.6 Å². The Kier molecular flexibility index (Phi) is 5.01. The molecule has 0 aromatic heterocycles. The van der Waals surface area contributed by atoms with Crippen LogP contribution in [-0.2, 0) is 0 Å². The highest BCUT2D eigenvalue weighted by Crippen LogP contribution is 2.13. The topological polar surface area (TPSA) is 44.3 Å². The van der Waals surface area contributed by atoms with Gasteiger partial charge in [-0.2, -0.15) is 0 Å². The summed E-state index contributed by atoms with van der Waals surface area (Å²) >= 11 is 8.39. The summed E-state index contributed by atoms with van der Waals surface area (Å²) in [6.07, 6.45) is -0.408. The van der Waals surface area contributed by atoms with Crippen LogP contribution in [0.3, 0.4) is 0 Å². The number of aliphatic hydroxyl groups excluding tert-OH is 1. The fourth-order valence-electron chi connectivity index (χ4n) is 0.949. The lowest BCUT2D eigenvalue weighted by Crippen LogP contribution is -2.33. The fraction of sp³-hybridized carbons (Fsp3) is 0.300. The number of hydrogen-bond donors (Lipinski definition) is 3. The number of benzene rings is 1. The lowest BCUT2D eigenvalue weighted by atomic mass is 10.3. The van der Waals surface area contributed by atoms with Gasteiger partial charge in [0, 0.05) is 16.7 Å². The predicted octanol–water partition coefficient (Wildman–Crippen LogP) is 2.12. The molecule has 0 fully saturated rings. The van der Waals surface area contributed by atoms with E-state index in [1.165, 1.54) is 0 Å². The van der Waals surface area contributed by atoms with Gasteiger partial charge >= 0.3 is 0 Å². The average molecular weight is 289 g/mol.